The zero-order chi connectivity index (χ0) is 19.1. The summed E-state index contributed by atoms with van der Waals surface area (Å²) in [5.41, 5.74) is 9.62. The molecule has 4 nitrogen and oxygen atoms in total. The summed E-state index contributed by atoms with van der Waals surface area (Å²) in [5.74, 6) is 0.0713. The van der Waals surface area contributed by atoms with Crippen molar-refractivity contribution in [2.75, 3.05) is 4.90 Å². The van der Waals surface area contributed by atoms with Crippen molar-refractivity contribution in [1.82, 2.24) is 10.9 Å². The fourth-order valence-electron chi connectivity index (χ4n) is 4.52. The summed E-state index contributed by atoms with van der Waals surface area (Å²) in [6, 6.07) is 27.4. The van der Waals surface area contributed by atoms with Gasteiger partial charge in [0.15, 0.2) is 0 Å². The second-order valence-electron chi connectivity index (χ2n) is 7.24. The molecule has 4 unspecified atom stereocenters. The van der Waals surface area contributed by atoms with Crippen LogP contribution in [0.2, 0.25) is 5.02 Å². The molecule has 140 valence electrons. The predicted molar refractivity (Wildman–Crippen MR) is 111 cm³/mol. The van der Waals surface area contributed by atoms with Gasteiger partial charge in [-0.1, -0.05) is 78.3 Å². The number of nitrogens with zero attached hydrogens (tertiary/aromatic N) is 1. The van der Waals surface area contributed by atoms with E-state index in [-0.39, 0.29) is 30.0 Å². The molecule has 2 saturated heterocycles. The van der Waals surface area contributed by atoms with Crippen LogP contribution in [0.1, 0.15) is 23.2 Å². The van der Waals surface area contributed by atoms with Crippen LogP contribution >= 0.6 is 11.6 Å². The van der Waals surface area contributed by atoms with Crippen LogP contribution in [0.25, 0.3) is 0 Å². The van der Waals surface area contributed by atoms with Crippen molar-refractivity contribution in [3.05, 3.63) is 101 Å². The number of hydrogen-bond acceptors (Lipinski definition) is 3. The van der Waals surface area contributed by atoms with E-state index in [1.807, 2.05) is 77.7 Å². The Balaban J connectivity index is 1.66. The molecule has 2 N–H and O–H groups in total. The average molecular weight is 390 g/mol. The highest BCUT2D eigenvalue weighted by molar-refractivity contribution is 6.31. The van der Waals surface area contributed by atoms with E-state index in [4.69, 9.17) is 11.6 Å². The first-order valence-electron chi connectivity index (χ1n) is 9.44. The quantitative estimate of drug-likeness (QED) is 0.703. The number of rotatable bonds is 3. The molecule has 3 aromatic rings. The molecule has 0 radical (unpaired) electrons. The summed E-state index contributed by atoms with van der Waals surface area (Å²) in [6.07, 6.45) is 0. The Kier molecular flexibility index (Phi) is 4.40. The molecule has 28 heavy (non-hydrogen) atoms. The van der Waals surface area contributed by atoms with Crippen molar-refractivity contribution in [1.29, 1.82) is 0 Å². The fraction of sp³-hybridized carbons (Fsp3) is 0.174. The second-order valence-corrected chi connectivity index (χ2v) is 7.65. The summed E-state index contributed by atoms with van der Waals surface area (Å²) in [6.45, 7) is 0. The van der Waals surface area contributed by atoms with Crippen molar-refractivity contribution >= 4 is 23.2 Å². The minimum Gasteiger partial charge on any atom is -0.303 e. The zero-order valence-electron chi connectivity index (χ0n) is 15.1. The number of hydrazine groups is 1. The lowest BCUT2D eigenvalue weighted by Gasteiger charge is -2.31. The monoisotopic (exact) mass is 389 g/mol. The van der Waals surface area contributed by atoms with Crippen molar-refractivity contribution in [3.63, 3.8) is 0 Å². The Labute approximate surface area is 169 Å². The number of halogens is 1. The van der Waals surface area contributed by atoms with Gasteiger partial charge in [-0.3, -0.25) is 4.79 Å². The molecule has 1 amide bonds. The van der Waals surface area contributed by atoms with Gasteiger partial charge in [0.2, 0.25) is 5.91 Å². The standard InChI is InChI=1S/C23H20ClN3O/c24-18-14-8-7-13-17(18)22-19-20(15-9-3-1-4-10-15)25-26-21(19)23(28)27(22)16-11-5-2-6-12-16/h1-14,19-22,25-26H. The molecular weight excluding hydrogens is 370 g/mol. The van der Waals surface area contributed by atoms with Gasteiger partial charge in [-0.05, 0) is 29.3 Å². The number of nitrogens with one attached hydrogen (secondary N) is 2. The lowest BCUT2D eigenvalue weighted by atomic mass is 9.83. The van der Waals surface area contributed by atoms with Crippen LogP contribution in [0.15, 0.2) is 84.9 Å². The number of anilines is 1. The van der Waals surface area contributed by atoms with E-state index >= 15 is 0 Å². The average Bonchev–Trinajstić information content (AvgIpc) is 3.29. The van der Waals surface area contributed by atoms with E-state index in [9.17, 15) is 4.79 Å². The van der Waals surface area contributed by atoms with E-state index < -0.39 is 0 Å². The smallest absolute Gasteiger partial charge is 0.246 e. The van der Waals surface area contributed by atoms with E-state index in [2.05, 4.69) is 23.0 Å². The molecule has 0 spiro atoms. The molecule has 3 aromatic carbocycles. The molecule has 2 aliphatic heterocycles. The number of fused-ring (bicyclic) bond motifs is 1. The number of para-hydroxylation sites is 1. The maximum atomic E-state index is 13.4. The van der Waals surface area contributed by atoms with Gasteiger partial charge < -0.3 is 4.90 Å². The molecule has 2 fully saturated rings. The van der Waals surface area contributed by atoms with Crippen molar-refractivity contribution in [2.24, 2.45) is 5.92 Å². The van der Waals surface area contributed by atoms with Crippen LogP contribution in [0.5, 0.6) is 0 Å². The first-order chi connectivity index (χ1) is 13.8. The first-order valence-corrected chi connectivity index (χ1v) is 9.82. The number of carbonyl (C=O) groups excluding carboxylic acids is 1. The van der Waals surface area contributed by atoms with Crippen LogP contribution in [-0.2, 0) is 4.79 Å². The molecule has 0 aromatic heterocycles. The van der Waals surface area contributed by atoms with Crippen molar-refractivity contribution in [2.45, 2.75) is 18.1 Å². The Morgan fingerprint density at radius 1 is 0.750 bits per heavy atom. The van der Waals surface area contributed by atoms with Crippen LogP contribution in [0.3, 0.4) is 0 Å². The largest absolute Gasteiger partial charge is 0.303 e. The molecular formula is C23H20ClN3O. The van der Waals surface area contributed by atoms with Crippen molar-refractivity contribution in [3.8, 4) is 0 Å². The highest BCUT2D eigenvalue weighted by Crippen LogP contribution is 2.50. The molecule has 5 rings (SSSR count). The summed E-state index contributed by atoms with van der Waals surface area (Å²) in [5, 5.41) is 0.681. The number of hydrogen-bond donors (Lipinski definition) is 2. The molecule has 5 heteroatoms. The molecule has 2 aliphatic rings. The Morgan fingerprint density at radius 2 is 1.36 bits per heavy atom. The predicted octanol–water partition coefficient (Wildman–Crippen LogP) is 4.26. The SMILES string of the molecule is O=C1C2NNC(c3ccccc3)C2C(c2ccccc2Cl)N1c1ccccc1. The van der Waals surface area contributed by atoms with Gasteiger partial charge in [0.25, 0.3) is 0 Å². The lowest BCUT2D eigenvalue weighted by Crippen LogP contribution is -2.41. The summed E-state index contributed by atoms with van der Waals surface area (Å²) in [4.78, 5) is 15.3. The highest BCUT2D eigenvalue weighted by atomic mass is 35.5. The molecule has 4 atom stereocenters. The minimum absolute atomic E-state index is 0.00475. The van der Waals surface area contributed by atoms with Gasteiger partial charge in [0, 0.05) is 16.6 Å². The van der Waals surface area contributed by atoms with Gasteiger partial charge in [-0.2, -0.15) is 0 Å². The number of carbonyl (C=O) groups is 1. The summed E-state index contributed by atoms with van der Waals surface area (Å²) < 4.78 is 0. The normalized spacial score (nSPS) is 26.5. The third-order valence-electron chi connectivity index (χ3n) is 5.73. The number of amides is 1. The third kappa shape index (κ3) is 2.73. The second kappa shape index (κ2) is 7.06. The van der Waals surface area contributed by atoms with Crippen molar-refractivity contribution < 1.29 is 4.79 Å². The summed E-state index contributed by atoms with van der Waals surface area (Å²) in [7, 11) is 0. The minimum atomic E-state index is -0.313. The molecule has 0 aliphatic carbocycles. The van der Waals surface area contributed by atoms with Crippen LogP contribution in [-0.4, -0.2) is 11.9 Å². The van der Waals surface area contributed by atoms with Gasteiger partial charge in [-0.25, -0.2) is 10.9 Å². The van der Waals surface area contributed by atoms with E-state index in [1.54, 1.807) is 0 Å². The fourth-order valence-corrected chi connectivity index (χ4v) is 4.77. The maximum Gasteiger partial charge on any atom is 0.246 e. The number of benzene rings is 3. The lowest BCUT2D eigenvalue weighted by molar-refractivity contribution is -0.119. The van der Waals surface area contributed by atoms with E-state index in [0.29, 0.717) is 5.02 Å². The Hall–Kier alpha value is -2.66. The molecule has 0 bridgehead atoms. The van der Waals surface area contributed by atoms with Crippen LogP contribution in [0, 0.1) is 5.92 Å². The molecule has 2 heterocycles. The zero-order valence-corrected chi connectivity index (χ0v) is 15.9. The van der Waals surface area contributed by atoms with Gasteiger partial charge in [0.05, 0.1) is 12.1 Å². The maximum absolute atomic E-state index is 13.4. The van der Waals surface area contributed by atoms with Gasteiger partial charge >= 0.3 is 0 Å². The Morgan fingerprint density at radius 3 is 2.07 bits per heavy atom. The van der Waals surface area contributed by atoms with E-state index in [0.717, 1.165) is 16.8 Å². The Bertz CT molecular complexity index is 995. The topological polar surface area (TPSA) is 44.4 Å². The third-order valence-corrected chi connectivity index (χ3v) is 6.07. The van der Waals surface area contributed by atoms with Crippen LogP contribution < -0.4 is 15.8 Å². The van der Waals surface area contributed by atoms with E-state index in [1.165, 1.54) is 0 Å². The first kappa shape index (κ1) is 17.4. The highest BCUT2D eigenvalue weighted by Gasteiger charge is 2.56. The van der Waals surface area contributed by atoms with Gasteiger partial charge in [-0.15, -0.1) is 0 Å². The summed E-state index contributed by atoms with van der Waals surface area (Å²) >= 11 is 6.61. The van der Waals surface area contributed by atoms with Crippen LogP contribution in [0.4, 0.5) is 5.69 Å². The molecule has 0 saturated carbocycles. The van der Waals surface area contributed by atoms with Gasteiger partial charge in [0.1, 0.15) is 6.04 Å².